The van der Waals surface area contributed by atoms with Gasteiger partial charge in [0.25, 0.3) is 0 Å². The molecule has 0 aromatic heterocycles. The molecule has 0 nitrogen and oxygen atoms in total. The van der Waals surface area contributed by atoms with Gasteiger partial charge >= 0.3 is 0 Å². The van der Waals surface area contributed by atoms with E-state index >= 15 is 0 Å². The maximum atomic E-state index is 0. The second-order valence-electron chi connectivity index (χ2n) is 0. The van der Waals surface area contributed by atoms with Gasteiger partial charge in [-0.2, -0.15) is 0 Å². The molecular weight excluding hydrogens is 272 g/mol. The van der Waals surface area contributed by atoms with E-state index in [2.05, 4.69) is 0 Å². The fourth-order valence-corrected chi connectivity index (χ4v) is 0. The Bertz CT molecular complexity index is 19.7. The van der Waals surface area contributed by atoms with Crippen LogP contribution in [-0.2, 0) is 68.0 Å². The molecule has 0 aliphatic heterocycles. The molecule has 0 saturated carbocycles. The van der Waals surface area contributed by atoms with Gasteiger partial charge in [0, 0.05) is 87.4 Å². The third-order valence-corrected chi connectivity index (χ3v) is 0. The molecule has 0 heterocycles. The molecule has 0 aliphatic carbocycles. The predicted octanol–water partition coefficient (Wildman–Crippen LogP) is -0.136. The van der Waals surface area contributed by atoms with Crippen LogP contribution in [0.4, 0.5) is 0 Å². The molecule has 0 amide bonds. The Balaban J connectivity index is 0. The second kappa shape index (κ2) is 81.8. The van der Waals surface area contributed by atoms with Gasteiger partial charge in [-0.05, 0) is 0 Å². The zero-order valence-corrected chi connectivity index (χ0v) is 8.08. The third kappa shape index (κ3) is 61.1. The standard InChI is InChI=1S/CH4.B.Cr.Fe.Mn.Ni.Si/h1H4;;;;;;. The molecule has 0 aliphatic rings. The van der Waals surface area contributed by atoms with E-state index in [0.717, 1.165) is 0 Å². The van der Waals surface area contributed by atoms with E-state index in [1.54, 1.807) is 0 Å². The summed E-state index contributed by atoms with van der Waals surface area (Å²) in [5.41, 5.74) is 0. The SMILES string of the molecule is C.[B].[Cr].[Fe].[Mn].[Ni].[Si]. The van der Waals surface area contributed by atoms with Crippen molar-refractivity contribution in [2.24, 2.45) is 0 Å². The molecule has 7 heavy (non-hydrogen) atoms. The minimum atomic E-state index is 0. The van der Waals surface area contributed by atoms with E-state index < -0.39 is 0 Å². The van der Waals surface area contributed by atoms with Gasteiger partial charge in [0.15, 0.2) is 0 Å². The molecule has 0 N–H and O–H groups in total. The number of hydrogen-bond acceptors (Lipinski definition) is 0. The van der Waals surface area contributed by atoms with Gasteiger partial charge in [-0.15, -0.1) is 0 Å². The van der Waals surface area contributed by atoms with E-state index in [0.29, 0.717) is 0 Å². The van der Waals surface area contributed by atoms with Crippen molar-refractivity contribution in [1.29, 1.82) is 0 Å². The largest absolute Gasteiger partial charge is 0.0776 e. The molecule has 0 unspecified atom stereocenters. The van der Waals surface area contributed by atoms with Crippen LogP contribution in [0.2, 0.25) is 0 Å². The summed E-state index contributed by atoms with van der Waals surface area (Å²) in [4.78, 5) is 0. The molecule has 8 radical (unpaired) electrons. The summed E-state index contributed by atoms with van der Waals surface area (Å²) >= 11 is 0. The van der Waals surface area contributed by atoms with Crippen LogP contribution in [0.15, 0.2) is 0 Å². The van der Waals surface area contributed by atoms with Gasteiger partial charge in [-0.3, -0.25) is 0 Å². The van der Waals surface area contributed by atoms with Crippen molar-refractivity contribution < 1.29 is 68.0 Å². The van der Waals surface area contributed by atoms with Crippen molar-refractivity contribution >= 4 is 19.4 Å². The quantitative estimate of drug-likeness (QED) is 0.541. The monoisotopic (exact) mass is 276 g/mol. The summed E-state index contributed by atoms with van der Waals surface area (Å²) in [6, 6.07) is 0. The van der Waals surface area contributed by atoms with E-state index in [4.69, 9.17) is 0 Å². The predicted molar refractivity (Wildman–Crippen MR) is 18.2 cm³/mol. The second-order valence-corrected chi connectivity index (χ2v) is 0. The Kier molecular flexibility index (Phi) is 1380. The normalized spacial score (nSPS) is 0. The van der Waals surface area contributed by atoms with Gasteiger partial charge in [-0.25, -0.2) is 0 Å². The van der Waals surface area contributed by atoms with Crippen molar-refractivity contribution in [1.82, 2.24) is 0 Å². The first-order valence-corrected chi connectivity index (χ1v) is 0. The first-order chi connectivity index (χ1) is 0. The fourth-order valence-electron chi connectivity index (χ4n) is 0. The molecular formula is CH4BCrFeMnNiSi. The maximum absolute atomic E-state index is 0. The van der Waals surface area contributed by atoms with Crippen molar-refractivity contribution in [2.45, 2.75) is 7.43 Å². The maximum Gasteiger partial charge on any atom is 0 e. The Hall–Kier alpha value is 2.35. The Morgan fingerprint density at radius 2 is 1.00 bits per heavy atom. The summed E-state index contributed by atoms with van der Waals surface area (Å²) in [7, 11) is 0. The summed E-state index contributed by atoms with van der Waals surface area (Å²) < 4.78 is 0. The van der Waals surface area contributed by atoms with E-state index in [9.17, 15) is 0 Å². The van der Waals surface area contributed by atoms with Crippen LogP contribution in [0.3, 0.4) is 0 Å². The van der Waals surface area contributed by atoms with Crippen LogP contribution in [0.5, 0.6) is 0 Å². The van der Waals surface area contributed by atoms with Gasteiger partial charge in [0.05, 0.1) is 0 Å². The summed E-state index contributed by atoms with van der Waals surface area (Å²) in [5, 5.41) is 0. The molecule has 0 rings (SSSR count). The zero-order chi connectivity index (χ0) is 0. The molecule has 0 aromatic rings. The molecule has 46 valence electrons. The molecule has 0 aromatic carbocycles. The zero-order valence-electron chi connectivity index (χ0n) is 2.53. The minimum Gasteiger partial charge on any atom is -0.0776 e. The molecule has 0 fully saturated rings. The van der Waals surface area contributed by atoms with Gasteiger partial charge in [-0.1, -0.05) is 7.43 Å². The van der Waals surface area contributed by atoms with Crippen LogP contribution in [-0.4, -0.2) is 19.4 Å². The summed E-state index contributed by atoms with van der Waals surface area (Å²) in [6.07, 6.45) is 0. The molecule has 0 atom stereocenters. The Labute approximate surface area is 93.9 Å². The number of hydrogen-bond donors (Lipinski definition) is 0. The number of rotatable bonds is 0. The fraction of sp³-hybridized carbons (Fsp3) is 1.00. The van der Waals surface area contributed by atoms with Crippen LogP contribution < -0.4 is 0 Å². The van der Waals surface area contributed by atoms with E-state index in [-0.39, 0.29) is 94.8 Å². The van der Waals surface area contributed by atoms with Crippen molar-refractivity contribution in [2.75, 3.05) is 0 Å². The summed E-state index contributed by atoms with van der Waals surface area (Å²) in [6.45, 7) is 0. The van der Waals surface area contributed by atoms with Crippen LogP contribution >= 0.6 is 0 Å². The van der Waals surface area contributed by atoms with Crippen molar-refractivity contribution in [3.05, 3.63) is 0 Å². The first kappa shape index (κ1) is 118. The van der Waals surface area contributed by atoms with E-state index in [1.165, 1.54) is 0 Å². The van der Waals surface area contributed by atoms with Crippen LogP contribution in [0.25, 0.3) is 0 Å². The minimum absolute atomic E-state index is 0. The Morgan fingerprint density at radius 3 is 1.00 bits per heavy atom. The average molecular weight is 276 g/mol. The molecule has 6 heteroatoms. The van der Waals surface area contributed by atoms with E-state index in [1.807, 2.05) is 0 Å². The van der Waals surface area contributed by atoms with Gasteiger partial charge in [0.2, 0.25) is 0 Å². The third-order valence-electron chi connectivity index (χ3n) is 0. The molecule has 0 bridgehead atoms. The Morgan fingerprint density at radius 1 is 1.00 bits per heavy atom. The smallest absolute Gasteiger partial charge is 0 e. The molecule has 0 saturated heterocycles. The van der Waals surface area contributed by atoms with Crippen LogP contribution in [0.1, 0.15) is 7.43 Å². The van der Waals surface area contributed by atoms with Gasteiger partial charge in [0.1, 0.15) is 0 Å². The van der Waals surface area contributed by atoms with Gasteiger partial charge < -0.3 is 0 Å². The van der Waals surface area contributed by atoms with Crippen molar-refractivity contribution in [3.63, 3.8) is 0 Å². The average Bonchev–Trinajstić information content (AvgIpc) is 0. The first-order valence-electron chi connectivity index (χ1n) is 0. The summed E-state index contributed by atoms with van der Waals surface area (Å²) in [5.74, 6) is 0. The molecule has 0 spiro atoms. The van der Waals surface area contributed by atoms with Crippen molar-refractivity contribution in [3.8, 4) is 0 Å². The topological polar surface area (TPSA) is 0 Å². The van der Waals surface area contributed by atoms with Crippen LogP contribution in [0, 0.1) is 0 Å².